The minimum absolute atomic E-state index is 0.0627. The molecular weight excluding hydrogens is 335 g/mol. The summed E-state index contributed by atoms with van der Waals surface area (Å²) < 4.78 is 6.28. The molecule has 0 aliphatic carbocycles. The van der Waals surface area contributed by atoms with Crippen molar-refractivity contribution in [2.75, 3.05) is 6.61 Å². The fourth-order valence-corrected chi connectivity index (χ4v) is 1.72. The second-order valence-corrected chi connectivity index (χ2v) is 5.33. The molecule has 2 N–H and O–H groups in total. The van der Waals surface area contributed by atoms with Gasteiger partial charge in [0.05, 0.1) is 8.49 Å². The second-order valence-electron chi connectivity index (χ2n) is 4.17. The number of nitro groups is 1. The molecule has 0 radical (unpaired) electrons. The highest BCUT2D eigenvalue weighted by Crippen LogP contribution is 2.26. The van der Waals surface area contributed by atoms with Crippen molar-refractivity contribution in [3.8, 4) is 5.75 Å². The predicted molar refractivity (Wildman–Crippen MR) is 74.2 cm³/mol. The average molecular weight is 350 g/mol. The lowest BCUT2D eigenvalue weighted by atomic mass is 10.0. The van der Waals surface area contributed by atoms with E-state index in [1.807, 2.05) is 36.4 Å². The molecule has 1 rings (SSSR count). The van der Waals surface area contributed by atoms with Crippen LogP contribution >= 0.6 is 22.6 Å². The number of non-ortho nitro benzene ring substituents is 1. The van der Waals surface area contributed by atoms with Gasteiger partial charge in [0.2, 0.25) is 0 Å². The van der Waals surface area contributed by atoms with Crippen LogP contribution in [0.1, 0.15) is 20.3 Å². The third-order valence-electron chi connectivity index (χ3n) is 2.49. The molecule has 0 aromatic heterocycles. The third kappa shape index (κ3) is 4.12. The summed E-state index contributed by atoms with van der Waals surface area (Å²) in [5.41, 5.74) is 5.64. The van der Waals surface area contributed by atoms with Gasteiger partial charge in [0.1, 0.15) is 12.4 Å². The van der Waals surface area contributed by atoms with Crippen molar-refractivity contribution in [1.29, 1.82) is 0 Å². The SMILES string of the molecule is CCC(C)(N)COc1ccc([N+](=O)[O-])cc1I. The lowest BCUT2D eigenvalue weighted by Gasteiger charge is -2.23. The zero-order valence-corrected chi connectivity index (χ0v) is 11.9. The molecule has 94 valence electrons. The molecular formula is C11H15IN2O3. The van der Waals surface area contributed by atoms with Crippen LogP contribution < -0.4 is 10.5 Å². The van der Waals surface area contributed by atoms with Gasteiger partial charge in [-0.05, 0) is 42.0 Å². The number of nitro benzene ring substituents is 1. The largest absolute Gasteiger partial charge is 0.491 e. The van der Waals surface area contributed by atoms with Crippen LogP contribution in [-0.2, 0) is 0 Å². The van der Waals surface area contributed by atoms with E-state index in [1.165, 1.54) is 12.1 Å². The Morgan fingerprint density at radius 3 is 2.71 bits per heavy atom. The van der Waals surface area contributed by atoms with E-state index in [1.54, 1.807) is 6.07 Å². The first-order valence-corrected chi connectivity index (χ1v) is 6.29. The van der Waals surface area contributed by atoms with Gasteiger partial charge in [0.15, 0.2) is 0 Å². The Balaban J connectivity index is 2.77. The maximum atomic E-state index is 10.6. The summed E-state index contributed by atoms with van der Waals surface area (Å²) in [6, 6.07) is 4.51. The Hall–Kier alpha value is -0.890. The van der Waals surface area contributed by atoms with E-state index >= 15 is 0 Å². The number of benzene rings is 1. The Morgan fingerprint density at radius 1 is 1.59 bits per heavy atom. The van der Waals surface area contributed by atoms with E-state index in [9.17, 15) is 10.1 Å². The number of halogens is 1. The fraction of sp³-hybridized carbons (Fsp3) is 0.455. The van der Waals surface area contributed by atoms with Crippen molar-refractivity contribution in [2.45, 2.75) is 25.8 Å². The number of hydrogen-bond donors (Lipinski definition) is 1. The number of nitrogens with zero attached hydrogens (tertiary/aromatic N) is 1. The summed E-state index contributed by atoms with van der Waals surface area (Å²) in [5, 5.41) is 10.6. The number of rotatable bonds is 5. The lowest BCUT2D eigenvalue weighted by Crippen LogP contribution is -2.41. The minimum atomic E-state index is -0.426. The molecule has 0 saturated heterocycles. The molecule has 0 aliphatic heterocycles. The molecule has 0 fully saturated rings. The molecule has 1 atom stereocenters. The molecule has 17 heavy (non-hydrogen) atoms. The zero-order valence-electron chi connectivity index (χ0n) is 9.77. The van der Waals surface area contributed by atoms with Gasteiger partial charge in [0.25, 0.3) is 5.69 Å². The maximum absolute atomic E-state index is 10.6. The standard InChI is InChI=1S/C11H15IN2O3/c1-3-11(2,13)7-17-10-5-4-8(14(15)16)6-9(10)12/h4-6H,3,7,13H2,1-2H3. The first kappa shape index (κ1) is 14.2. The quantitative estimate of drug-likeness (QED) is 0.503. The Kier molecular flexibility index (Phi) is 4.70. The second kappa shape index (κ2) is 5.63. The zero-order chi connectivity index (χ0) is 13.1. The van der Waals surface area contributed by atoms with Crippen molar-refractivity contribution in [3.05, 3.63) is 31.9 Å². The summed E-state index contributed by atoms with van der Waals surface area (Å²) in [6.07, 6.45) is 0.802. The van der Waals surface area contributed by atoms with Crippen LogP contribution in [-0.4, -0.2) is 17.1 Å². The van der Waals surface area contributed by atoms with Crippen molar-refractivity contribution in [3.63, 3.8) is 0 Å². The highest BCUT2D eigenvalue weighted by Gasteiger charge is 2.18. The Morgan fingerprint density at radius 2 is 2.24 bits per heavy atom. The average Bonchev–Trinajstić information content (AvgIpc) is 2.27. The van der Waals surface area contributed by atoms with Gasteiger partial charge in [0, 0.05) is 17.7 Å². The molecule has 0 aliphatic rings. The van der Waals surface area contributed by atoms with Gasteiger partial charge in [-0.15, -0.1) is 0 Å². The van der Waals surface area contributed by atoms with E-state index in [-0.39, 0.29) is 11.2 Å². The van der Waals surface area contributed by atoms with Crippen molar-refractivity contribution < 1.29 is 9.66 Å². The van der Waals surface area contributed by atoms with Gasteiger partial charge in [-0.2, -0.15) is 0 Å². The summed E-state index contributed by atoms with van der Waals surface area (Å²) in [7, 11) is 0. The van der Waals surface area contributed by atoms with Crippen LogP contribution in [0.2, 0.25) is 0 Å². The number of hydrogen-bond acceptors (Lipinski definition) is 4. The molecule has 0 bridgehead atoms. The fourth-order valence-electron chi connectivity index (χ4n) is 1.07. The van der Waals surface area contributed by atoms with Gasteiger partial charge >= 0.3 is 0 Å². The highest BCUT2D eigenvalue weighted by molar-refractivity contribution is 14.1. The summed E-state index contributed by atoms with van der Waals surface area (Å²) in [6.45, 7) is 4.28. The highest BCUT2D eigenvalue weighted by atomic mass is 127. The van der Waals surface area contributed by atoms with Crippen LogP contribution in [0, 0.1) is 13.7 Å². The van der Waals surface area contributed by atoms with E-state index in [0.717, 1.165) is 6.42 Å². The molecule has 0 amide bonds. The van der Waals surface area contributed by atoms with Crippen molar-refractivity contribution in [1.82, 2.24) is 0 Å². The number of ether oxygens (including phenoxy) is 1. The molecule has 6 heteroatoms. The van der Waals surface area contributed by atoms with E-state index < -0.39 is 4.92 Å². The third-order valence-corrected chi connectivity index (χ3v) is 3.33. The smallest absolute Gasteiger partial charge is 0.270 e. The van der Waals surface area contributed by atoms with Crippen LogP contribution in [0.15, 0.2) is 18.2 Å². The van der Waals surface area contributed by atoms with Crippen molar-refractivity contribution in [2.24, 2.45) is 5.73 Å². The predicted octanol–water partition coefficient (Wildman–Crippen LogP) is 2.71. The number of nitrogens with two attached hydrogens (primary N) is 1. The Labute approximate surface area is 114 Å². The van der Waals surface area contributed by atoms with Gasteiger partial charge in [-0.3, -0.25) is 10.1 Å². The van der Waals surface area contributed by atoms with Crippen LogP contribution in [0.5, 0.6) is 5.75 Å². The minimum Gasteiger partial charge on any atom is -0.491 e. The van der Waals surface area contributed by atoms with Gasteiger partial charge in [-0.25, -0.2) is 0 Å². The molecule has 5 nitrogen and oxygen atoms in total. The molecule has 1 aromatic rings. The van der Waals surface area contributed by atoms with E-state index in [2.05, 4.69) is 0 Å². The molecule has 0 saturated carbocycles. The Bertz CT molecular complexity index is 421. The normalized spacial score (nSPS) is 14.1. The summed E-state index contributed by atoms with van der Waals surface area (Å²) in [5.74, 6) is 0.626. The van der Waals surface area contributed by atoms with Crippen molar-refractivity contribution >= 4 is 28.3 Å². The summed E-state index contributed by atoms with van der Waals surface area (Å²) in [4.78, 5) is 10.1. The first-order valence-electron chi connectivity index (χ1n) is 5.21. The van der Waals surface area contributed by atoms with Gasteiger partial charge in [-0.1, -0.05) is 6.92 Å². The van der Waals surface area contributed by atoms with Gasteiger partial charge < -0.3 is 10.5 Å². The van der Waals surface area contributed by atoms with Crippen LogP contribution in [0.3, 0.4) is 0 Å². The van der Waals surface area contributed by atoms with Crippen LogP contribution in [0.25, 0.3) is 0 Å². The molecule has 1 unspecified atom stereocenters. The lowest BCUT2D eigenvalue weighted by molar-refractivity contribution is -0.385. The van der Waals surface area contributed by atoms with E-state index in [0.29, 0.717) is 15.9 Å². The van der Waals surface area contributed by atoms with Crippen LogP contribution in [0.4, 0.5) is 5.69 Å². The first-order chi connectivity index (χ1) is 7.85. The monoisotopic (exact) mass is 350 g/mol. The molecule has 1 aromatic carbocycles. The topological polar surface area (TPSA) is 78.4 Å². The maximum Gasteiger partial charge on any atom is 0.270 e. The molecule has 0 heterocycles. The molecule has 0 spiro atoms. The van der Waals surface area contributed by atoms with E-state index in [4.69, 9.17) is 10.5 Å². The summed E-state index contributed by atoms with van der Waals surface area (Å²) >= 11 is 2.01.